The average molecular weight is 393 g/mol. The van der Waals surface area contributed by atoms with Crippen LogP contribution < -0.4 is 10.2 Å². The maximum Gasteiger partial charge on any atom is 0.223 e. The van der Waals surface area contributed by atoms with Crippen molar-refractivity contribution in [3.63, 3.8) is 0 Å². The summed E-state index contributed by atoms with van der Waals surface area (Å²) in [7, 11) is 4.09. The van der Waals surface area contributed by atoms with Gasteiger partial charge in [0.25, 0.3) is 0 Å². The van der Waals surface area contributed by atoms with Crippen molar-refractivity contribution in [2.24, 2.45) is 5.92 Å². The van der Waals surface area contributed by atoms with Crippen molar-refractivity contribution in [1.29, 1.82) is 0 Å². The summed E-state index contributed by atoms with van der Waals surface area (Å²) in [6.07, 6.45) is 8.67. The van der Waals surface area contributed by atoms with E-state index in [2.05, 4.69) is 51.5 Å². The van der Waals surface area contributed by atoms with Gasteiger partial charge in [0.2, 0.25) is 5.95 Å². The first-order valence-electron chi connectivity index (χ1n) is 10.5. The minimum absolute atomic E-state index is 0. The van der Waals surface area contributed by atoms with Crippen LogP contribution in [0.5, 0.6) is 0 Å². The van der Waals surface area contributed by atoms with Gasteiger partial charge in [0.15, 0.2) is 0 Å². The zero-order valence-corrected chi connectivity index (χ0v) is 17.5. The molecule has 0 amide bonds. The van der Waals surface area contributed by atoms with Gasteiger partial charge in [0.1, 0.15) is 5.82 Å². The highest BCUT2D eigenvalue weighted by atomic mass is 15.4. The molecule has 1 aliphatic rings. The molecule has 0 radical (unpaired) electrons. The van der Waals surface area contributed by atoms with Crippen LogP contribution in [0.4, 0.5) is 11.8 Å². The quantitative estimate of drug-likeness (QED) is 0.659. The second-order valence-corrected chi connectivity index (χ2v) is 8.29. The highest BCUT2D eigenvalue weighted by Crippen LogP contribution is 2.30. The SMILES string of the molecule is CC1CCC(Nc2nccc(-c3cnn(Cc4ccccc4)c3N(C)C)n2)CC1.[HH]. The summed E-state index contributed by atoms with van der Waals surface area (Å²) in [6, 6.07) is 12.8. The number of anilines is 2. The predicted molar refractivity (Wildman–Crippen MR) is 120 cm³/mol. The summed E-state index contributed by atoms with van der Waals surface area (Å²) < 4.78 is 2.03. The van der Waals surface area contributed by atoms with E-state index in [0.717, 1.165) is 29.5 Å². The largest absolute Gasteiger partial charge is 0.362 e. The fourth-order valence-corrected chi connectivity index (χ4v) is 4.07. The van der Waals surface area contributed by atoms with Crippen LogP contribution in [-0.4, -0.2) is 39.9 Å². The maximum atomic E-state index is 4.82. The van der Waals surface area contributed by atoms with Gasteiger partial charge < -0.3 is 10.2 Å². The van der Waals surface area contributed by atoms with Crippen molar-refractivity contribution in [3.05, 3.63) is 54.4 Å². The van der Waals surface area contributed by atoms with Crippen molar-refractivity contribution < 1.29 is 1.43 Å². The van der Waals surface area contributed by atoms with Gasteiger partial charge in [-0.3, -0.25) is 0 Å². The summed E-state index contributed by atoms with van der Waals surface area (Å²) in [5.74, 6) is 2.59. The van der Waals surface area contributed by atoms with Gasteiger partial charge >= 0.3 is 0 Å². The van der Waals surface area contributed by atoms with E-state index in [1.807, 2.05) is 43.3 Å². The first-order chi connectivity index (χ1) is 14.1. The van der Waals surface area contributed by atoms with E-state index in [1.165, 1.54) is 31.2 Å². The molecule has 29 heavy (non-hydrogen) atoms. The molecule has 1 aliphatic carbocycles. The topological polar surface area (TPSA) is 58.9 Å². The Bertz CT molecular complexity index is 932. The average Bonchev–Trinajstić information content (AvgIpc) is 3.15. The minimum atomic E-state index is 0. The van der Waals surface area contributed by atoms with E-state index >= 15 is 0 Å². The van der Waals surface area contributed by atoms with Crippen molar-refractivity contribution >= 4 is 11.8 Å². The van der Waals surface area contributed by atoms with Gasteiger partial charge in [-0.05, 0) is 43.2 Å². The molecule has 1 aromatic carbocycles. The lowest BCUT2D eigenvalue weighted by atomic mass is 9.87. The molecule has 0 unspecified atom stereocenters. The van der Waals surface area contributed by atoms with Gasteiger partial charge in [-0.1, -0.05) is 37.3 Å². The van der Waals surface area contributed by atoms with Crippen LogP contribution in [0.15, 0.2) is 48.8 Å². The first-order valence-corrected chi connectivity index (χ1v) is 10.5. The Balaban J connectivity index is 0.00000256. The molecule has 6 nitrogen and oxygen atoms in total. The first kappa shape index (κ1) is 19.4. The van der Waals surface area contributed by atoms with Crippen LogP contribution in [0.25, 0.3) is 11.3 Å². The van der Waals surface area contributed by atoms with Gasteiger partial charge in [-0.2, -0.15) is 5.10 Å². The van der Waals surface area contributed by atoms with Gasteiger partial charge in [-0.15, -0.1) is 0 Å². The van der Waals surface area contributed by atoms with Crippen LogP contribution >= 0.6 is 0 Å². The summed E-state index contributed by atoms with van der Waals surface area (Å²) in [4.78, 5) is 11.4. The summed E-state index contributed by atoms with van der Waals surface area (Å²) in [5, 5.41) is 8.20. The van der Waals surface area contributed by atoms with Crippen molar-refractivity contribution in [1.82, 2.24) is 19.7 Å². The monoisotopic (exact) mass is 392 g/mol. The lowest BCUT2D eigenvalue weighted by Crippen LogP contribution is -2.26. The highest BCUT2D eigenvalue weighted by Gasteiger charge is 2.20. The molecule has 6 heteroatoms. The van der Waals surface area contributed by atoms with E-state index in [4.69, 9.17) is 4.98 Å². The Kier molecular flexibility index (Phi) is 5.79. The van der Waals surface area contributed by atoms with E-state index in [0.29, 0.717) is 12.0 Å². The maximum absolute atomic E-state index is 4.82. The molecular weight excluding hydrogens is 360 g/mol. The molecule has 154 valence electrons. The molecule has 2 aromatic heterocycles. The molecule has 0 bridgehead atoms. The zero-order valence-electron chi connectivity index (χ0n) is 17.5. The second-order valence-electron chi connectivity index (χ2n) is 8.29. The smallest absolute Gasteiger partial charge is 0.223 e. The molecule has 1 N–H and O–H groups in total. The Morgan fingerprint density at radius 2 is 1.86 bits per heavy atom. The molecule has 0 aliphatic heterocycles. The van der Waals surface area contributed by atoms with Gasteiger partial charge in [-0.25, -0.2) is 14.6 Å². The van der Waals surface area contributed by atoms with Crippen LogP contribution in [0.1, 0.15) is 39.6 Å². The number of hydrogen-bond acceptors (Lipinski definition) is 5. The molecule has 1 saturated carbocycles. The minimum Gasteiger partial charge on any atom is -0.362 e. The predicted octanol–water partition coefficient (Wildman–Crippen LogP) is 4.69. The Labute approximate surface area is 174 Å². The van der Waals surface area contributed by atoms with Crippen LogP contribution in [0.2, 0.25) is 0 Å². The summed E-state index contributed by atoms with van der Waals surface area (Å²) >= 11 is 0. The molecule has 0 saturated heterocycles. The third-order valence-corrected chi connectivity index (χ3v) is 5.69. The molecule has 2 heterocycles. The number of nitrogens with zero attached hydrogens (tertiary/aromatic N) is 5. The fraction of sp³-hybridized carbons (Fsp3) is 0.435. The van der Waals surface area contributed by atoms with Gasteiger partial charge in [0.05, 0.1) is 24.0 Å². The van der Waals surface area contributed by atoms with Crippen LogP contribution in [-0.2, 0) is 6.54 Å². The van der Waals surface area contributed by atoms with Crippen LogP contribution in [0, 0.1) is 5.92 Å². The molecule has 3 aromatic rings. The zero-order chi connectivity index (χ0) is 20.2. The fourth-order valence-electron chi connectivity index (χ4n) is 4.07. The normalized spacial score (nSPS) is 19.1. The van der Waals surface area contributed by atoms with E-state index < -0.39 is 0 Å². The molecule has 0 atom stereocenters. The third kappa shape index (κ3) is 4.58. The Morgan fingerprint density at radius 3 is 2.59 bits per heavy atom. The summed E-state index contributed by atoms with van der Waals surface area (Å²) in [6.45, 7) is 3.06. The number of aromatic nitrogens is 4. The Morgan fingerprint density at radius 1 is 1.10 bits per heavy atom. The molecule has 4 rings (SSSR count). The third-order valence-electron chi connectivity index (χ3n) is 5.69. The van der Waals surface area contributed by atoms with Crippen molar-refractivity contribution in [2.45, 2.75) is 45.2 Å². The number of nitrogens with one attached hydrogen (secondary N) is 1. The standard InChI is InChI=1S/C23H30N6.H2/c1-17-9-11-19(12-10-17)26-23-24-14-13-21(27-23)20-15-25-29(22(20)28(2)3)16-18-7-5-4-6-8-18;/h4-8,13-15,17,19H,9-12,16H2,1-3H3,(H,24,26,27);1H. The number of rotatable bonds is 6. The molecule has 0 spiro atoms. The van der Waals surface area contributed by atoms with Crippen molar-refractivity contribution in [2.75, 3.05) is 24.3 Å². The van der Waals surface area contributed by atoms with Gasteiger partial charge in [0, 0.05) is 27.8 Å². The lowest BCUT2D eigenvalue weighted by Gasteiger charge is -2.26. The van der Waals surface area contributed by atoms with E-state index in [1.54, 1.807) is 0 Å². The summed E-state index contributed by atoms with van der Waals surface area (Å²) in [5.41, 5.74) is 3.14. The highest BCUT2D eigenvalue weighted by molar-refractivity contribution is 5.73. The lowest BCUT2D eigenvalue weighted by molar-refractivity contribution is 0.360. The number of benzene rings is 1. The second kappa shape index (κ2) is 8.64. The van der Waals surface area contributed by atoms with Crippen molar-refractivity contribution in [3.8, 4) is 11.3 Å². The Hall–Kier alpha value is -2.89. The van der Waals surface area contributed by atoms with Crippen LogP contribution in [0.3, 0.4) is 0 Å². The van der Waals surface area contributed by atoms with E-state index in [-0.39, 0.29) is 1.43 Å². The van der Waals surface area contributed by atoms with E-state index in [9.17, 15) is 0 Å². The molecule has 1 fully saturated rings. The molecular formula is C23H32N6. The number of hydrogen-bond donors (Lipinski definition) is 1.